The summed E-state index contributed by atoms with van der Waals surface area (Å²) in [6.45, 7) is 0.879. The Hall–Kier alpha value is -2.07. The lowest BCUT2D eigenvalue weighted by molar-refractivity contribution is -0.131. The Morgan fingerprint density at radius 3 is 3.05 bits per heavy atom. The van der Waals surface area contributed by atoms with Crippen LogP contribution < -0.4 is 0 Å². The average molecular weight is 310 g/mol. The van der Waals surface area contributed by atoms with Crippen LogP contribution in [0.3, 0.4) is 0 Å². The highest BCUT2D eigenvalue weighted by Crippen LogP contribution is 2.35. The molecule has 0 bridgehead atoms. The molecule has 3 nitrogen and oxygen atoms in total. The molecule has 2 aromatic heterocycles. The number of benzene rings is 1. The van der Waals surface area contributed by atoms with Gasteiger partial charge in [-0.2, -0.15) is 0 Å². The molecule has 1 aromatic carbocycles. The molecule has 0 unspecified atom stereocenters. The number of para-hydroxylation sites is 1. The van der Waals surface area contributed by atoms with Crippen LogP contribution in [0.25, 0.3) is 10.9 Å². The molecule has 3 aromatic rings. The molecule has 1 fully saturated rings. The van der Waals surface area contributed by atoms with Gasteiger partial charge in [0.15, 0.2) is 0 Å². The lowest BCUT2D eigenvalue weighted by Gasteiger charge is -2.24. The Bertz CT molecular complexity index is 790. The van der Waals surface area contributed by atoms with Gasteiger partial charge in [0.1, 0.15) is 0 Å². The van der Waals surface area contributed by atoms with Gasteiger partial charge in [-0.25, -0.2) is 0 Å². The Kier molecular flexibility index (Phi) is 3.47. The second-order valence-corrected chi connectivity index (χ2v) is 6.78. The third-order valence-corrected chi connectivity index (χ3v) is 5.43. The van der Waals surface area contributed by atoms with Crippen molar-refractivity contribution in [3.8, 4) is 0 Å². The van der Waals surface area contributed by atoms with Crippen molar-refractivity contribution < 1.29 is 4.79 Å². The molecule has 1 N–H and O–H groups in total. The zero-order valence-electron chi connectivity index (χ0n) is 12.3. The number of hydrogen-bond donors (Lipinski definition) is 1. The number of aromatic nitrogens is 1. The quantitative estimate of drug-likeness (QED) is 0.775. The summed E-state index contributed by atoms with van der Waals surface area (Å²) in [5, 5.41) is 3.25. The molecule has 1 atom stereocenters. The van der Waals surface area contributed by atoms with E-state index in [0.717, 1.165) is 35.9 Å². The number of fused-ring (bicyclic) bond motifs is 1. The van der Waals surface area contributed by atoms with Crippen molar-refractivity contribution in [1.29, 1.82) is 0 Å². The number of carbonyl (C=O) groups is 1. The van der Waals surface area contributed by atoms with Gasteiger partial charge in [-0.1, -0.05) is 24.3 Å². The summed E-state index contributed by atoms with van der Waals surface area (Å²) < 4.78 is 0. The highest BCUT2D eigenvalue weighted by molar-refractivity contribution is 7.10. The Morgan fingerprint density at radius 2 is 2.18 bits per heavy atom. The predicted octanol–water partition coefficient (Wildman–Crippen LogP) is 4.14. The molecule has 22 heavy (non-hydrogen) atoms. The fourth-order valence-corrected chi connectivity index (χ4v) is 4.26. The van der Waals surface area contributed by atoms with Gasteiger partial charge in [-0.05, 0) is 35.9 Å². The van der Waals surface area contributed by atoms with Gasteiger partial charge in [0.2, 0.25) is 5.91 Å². The minimum atomic E-state index is 0.237. The number of rotatable bonds is 3. The van der Waals surface area contributed by atoms with E-state index in [9.17, 15) is 4.79 Å². The second-order valence-electron chi connectivity index (χ2n) is 5.80. The monoisotopic (exact) mass is 310 g/mol. The van der Waals surface area contributed by atoms with Crippen LogP contribution in [0.15, 0.2) is 48.0 Å². The largest absolute Gasteiger partial charge is 0.361 e. The van der Waals surface area contributed by atoms with Crippen LogP contribution >= 0.6 is 11.3 Å². The van der Waals surface area contributed by atoms with E-state index in [1.165, 1.54) is 4.88 Å². The van der Waals surface area contributed by atoms with Crippen LogP contribution in [0.4, 0.5) is 0 Å². The minimum Gasteiger partial charge on any atom is -0.361 e. The first-order valence-corrected chi connectivity index (χ1v) is 8.59. The van der Waals surface area contributed by atoms with Crippen LogP contribution in [-0.4, -0.2) is 22.3 Å². The molecule has 1 saturated heterocycles. The molecule has 0 spiro atoms. The van der Waals surface area contributed by atoms with Gasteiger partial charge in [0.05, 0.1) is 12.5 Å². The zero-order valence-corrected chi connectivity index (χ0v) is 13.1. The standard InChI is InChI=1S/C18H18N2OS/c21-18(11-13-12-19-15-6-2-1-5-14(13)15)20-9-3-7-16(20)17-8-4-10-22-17/h1-2,4-6,8,10,12,16,19H,3,7,9,11H2/t16-/m0/s1. The van der Waals surface area contributed by atoms with E-state index < -0.39 is 0 Å². The molecule has 3 heterocycles. The van der Waals surface area contributed by atoms with Gasteiger partial charge in [-0.3, -0.25) is 4.79 Å². The van der Waals surface area contributed by atoms with E-state index in [2.05, 4.69) is 33.5 Å². The third kappa shape index (κ3) is 2.33. The van der Waals surface area contributed by atoms with E-state index in [1.807, 2.05) is 24.4 Å². The van der Waals surface area contributed by atoms with Crippen LogP contribution in [0.2, 0.25) is 0 Å². The topological polar surface area (TPSA) is 36.1 Å². The van der Waals surface area contributed by atoms with Crippen molar-refractivity contribution in [3.05, 3.63) is 58.4 Å². The fraction of sp³-hybridized carbons (Fsp3) is 0.278. The third-order valence-electron chi connectivity index (χ3n) is 4.46. The first-order chi connectivity index (χ1) is 10.8. The summed E-state index contributed by atoms with van der Waals surface area (Å²) >= 11 is 1.75. The maximum absolute atomic E-state index is 12.8. The number of H-pyrrole nitrogens is 1. The van der Waals surface area contributed by atoms with E-state index in [0.29, 0.717) is 6.42 Å². The maximum Gasteiger partial charge on any atom is 0.227 e. The van der Waals surface area contributed by atoms with Gasteiger partial charge in [-0.15, -0.1) is 11.3 Å². The number of amides is 1. The summed E-state index contributed by atoms with van der Waals surface area (Å²) in [6.07, 6.45) is 4.63. The smallest absolute Gasteiger partial charge is 0.227 e. The predicted molar refractivity (Wildman–Crippen MR) is 90.0 cm³/mol. The maximum atomic E-state index is 12.8. The van der Waals surface area contributed by atoms with Crippen molar-refractivity contribution in [2.45, 2.75) is 25.3 Å². The first-order valence-electron chi connectivity index (χ1n) is 7.71. The molecule has 1 amide bonds. The van der Waals surface area contributed by atoms with Crippen LogP contribution in [0.5, 0.6) is 0 Å². The fourth-order valence-electron chi connectivity index (χ4n) is 3.38. The first kappa shape index (κ1) is 13.6. The van der Waals surface area contributed by atoms with Crippen molar-refractivity contribution in [1.82, 2.24) is 9.88 Å². The molecular weight excluding hydrogens is 292 g/mol. The Morgan fingerprint density at radius 1 is 1.27 bits per heavy atom. The molecular formula is C18H18N2OS. The number of carbonyl (C=O) groups excluding carboxylic acids is 1. The van der Waals surface area contributed by atoms with E-state index >= 15 is 0 Å². The van der Waals surface area contributed by atoms with Gasteiger partial charge in [0.25, 0.3) is 0 Å². The number of nitrogens with one attached hydrogen (secondary N) is 1. The van der Waals surface area contributed by atoms with Crippen molar-refractivity contribution in [2.24, 2.45) is 0 Å². The van der Waals surface area contributed by atoms with Crippen molar-refractivity contribution in [3.63, 3.8) is 0 Å². The van der Waals surface area contributed by atoms with E-state index in [4.69, 9.17) is 0 Å². The summed E-state index contributed by atoms with van der Waals surface area (Å²) in [5.74, 6) is 0.237. The van der Waals surface area contributed by atoms with E-state index in [-0.39, 0.29) is 11.9 Å². The molecule has 0 saturated carbocycles. The minimum absolute atomic E-state index is 0.237. The summed E-state index contributed by atoms with van der Waals surface area (Å²) in [4.78, 5) is 19.4. The molecule has 4 rings (SSSR count). The summed E-state index contributed by atoms with van der Waals surface area (Å²) in [7, 11) is 0. The lowest BCUT2D eigenvalue weighted by atomic mass is 10.1. The number of thiophene rings is 1. The second kappa shape index (κ2) is 5.61. The normalized spacial score (nSPS) is 18.2. The molecule has 1 aliphatic heterocycles. The van der Waals surface area contributed by atoms with Crippen molar-refractivity contribution in [2.75, 3.05) is 6.54 Å². The highest BCUT2D eigenvalue weighted by atomic mass is 32.1. The highest BCUT2D eigenvalue weighted by Gasteiger charge is 2.30. The van der Waals surface area contributed by atoms with E-state index in [1.54, 1.807) is 11.3 Å². The van der Waals surface area contributed by atoms with Crippen LogP contribution in [-0.2, 0) is 11.2 Å². The van der Waals surface area contributed by atoms with Gasteiger partial charge >= 0.3 is 0 Å². The number of aromatic amines is 1. The number of hydrogen-bond acceptors (Lipinski definition) is 2. The zero-order chi connectivity index (χ0) is 14.9. The van der Waals surface area contributed by atoms with Gasteiger partial charge < -0.3 is 9.88 Å². The lowest BCUT2D eigenvalue weighted by Crippen LogP contribution is -2.31. The Balaban J connectivity index is 1.57. The molecule has 1 aliphatic rings. The molecule has 4 heteroatoms. The number of nitrogens with zero attached hydrogens (tertiary/aromatic N) is 1. The summed E-state index contributed by atoms with van der Waals surface area (Å²) in [5.41, 5.74) is 2.19. The molecule has 0 radical (unpaired) electrons. The Labute approximate surface area is 133 Å². The van der Waals surface area contributed by atoms with Crippen LogP contribution in [0.1, 0.15) is 29.3 Å². The van der Waals surface area contributed by atoms with Crippen LogP contribution in [0, 0.1) is 0 Å². The van der Waals surface area contributed by atoms with Gasteiger partial charge in [0, 0.05) is 28.5 Å². The molecule has 0 aliphatic carbocycles. The summed E-state index contributed by atoms with van der Waals surface area (Å²) in [6, 6.07) is 12.7. The number of likely N-dealkylation sites (tertiary alicyclic amines) is 1. The SMILES string of the molecule is O=C(Cc1c[nH]c2ccccc12)N1CCC[C@H]1c1cccs1. The average Bonchev–Trinajstić information content (AvgIpc) is 3.27. The van der Waals surface area contributed by atoms with Crippen molar-refractivity contribution >= 4 is 28.1 Å². The molecule has 112 valence electrons.